The largest absolute Gasteiger partial charge is 0.395 e. The summed E-state index contributed by atoms with van der Waals surface area (Å²) in [4.78, 5) is 16.5. The van der Waals surface area contributed by atoms with E-state index in [9.17, 15) is 10.1 Å². The summed E-state index contributed by atoms with van der Waals surface area (Å²) in [5.74, 6) is 6.00. The molecule has 0 amide bonds. The number of aliphatic hydroxyl groups excluding tert-OH is 1. The van der Waals surface area contributed by atoms with Gasteiger partial charge in [-0.3, -0.25) is 10.1 Å². The Hall–Kier alpha value is -1.93. The highest BCUT2D eigenvalue weighted by atomic mass is 16.6. The van der Waals surface area contributed by atoms with E-state index in [1.54, 1.807) is 0 Å². The Balaban J connectivity index is 2.34. The predicted octanol–water partition coefficient (Wildman–Crippen LogP) is 0.627. The molecule has 1 aromatic heterocycles. The topological polar surface area (TPSA) is 118 Å². The van der Waals surface area contributed by atoms with Gasteiger partial charge in [0, 0.05) is 12.6 Å². The lowest BCUT2D eigenvalue weighted by Gasteiger charge is -2.38. The Morgan fingerprint density at radius 1 is 1.58 bits per heavy atom. The first-order valence-electron chi connectivity index (χ1n) is 6.16. The SMILES string of the molecule is NNc1cc([N+](=O)[O-])cc(N(CCO)C2CCC2)n1. The summed E-state index contributed by atoms with van der Waals surface area (Å²) in [6.45, 7) is 0.384. The second-order valence-electron chi connectivity index (χ2n) is 4.47. The minimum atomic E-state index is -0.482. The summed E-state index contributed by atoms with van der Waals surface area (Å²) in [5.41, 5.74) is 2.26. The number of nitro groups is 1. The average molecular weight is 267 g/mol. The maximum absolute atomic E-state index is 10.9. The van der Waals surface area contributed by atoms with Crippen molar-refractivity contribution in [3.63, 3.8) is 0 Å². The zero-order valence-corrected chi connectivity index (χ0v) is 10.5. The molecule has 0 bridgehead atoms. The molecular weight excluding hydrogens is 250 g/mol. The first kappa shape index (κ1) is 13.5. The molecule has 0 unspecified atom stereocenters. The van der Waals surface area contributed by atoms with E-state index in [1.165, 1.54) is 12.1 Å². The zero-order valence-electron chi connectivity index (χ0n) is 10.5. The minimum absolute atomic E-state index is 0.0216. The van der Waals surface area contributed by atoms with Gasteiger partial charge < -0.3 is 15.4 Å². The lowest BCUT2D eigenvalue weighted by molar-refractivity contribution is -0.384. The van der Waals surface area contributed by atoms with E-state index in [0.717, 1.165) is 19.3 Å². The number of aliphatic hydroxyl groups is 1. The van der Waals surface area contributed by atoms with Crippen LogP contribution < -0.4 is 16.2 Å². The van der Waals surface area contributed by atoms with Crippen molar-refractivity contribution >= 4 is 17.3 Å². The van der Waals surface area contributed by atoms with Crippen LogP contribution in [0.25, 0.3) is 0 Å². The van der Waals surface area contributed by atoms with Gasteiger partial charge >= 0.3 is 0 Å². The van der Waals surface area contributed by atoms with Gasteiger partial charge in [0.1, 0.15) is 11.6 Å². The van der Waals surface area contributed by atoms with Crippen LogP contribution in [0.15, 0.2) is 12.1 Å². The van der Waals surface area contributed by atoms with E-state index in [2.05, 4.69) is 10.4 Å². The number of nitrogens with one attached hydrogen (secondary N) is 1. The molecule has 104 valence electrons. The predicted molar refractivity (Wildman–Crippen MR) is 70.8 cm³/mol. The van der Waals surface area contributed by atoms with Gasteiger partial charge in [-0.25, -0.2) is 10.8 Å². The number of hydrogen-bond acceptors (Lipinski definition) is 7. The van der Waals surface area contributed by atoms with Crippen LogP contribution in [0.3, 0.4) is 0 Å². The van der Waals surface area contributed by atoms with Gasteiger partial charge in [0.2, 0.25) is 0 Å². The normalized spacial score (nSPS) is 14.8. The summed E-state index contributed by atoms with van der Waals surface area (Å²) in [6, 6.07) is 2.98. The summed E-state index contributed by atoms with van der Waals surface area (Å²) in [5, 5.41) is 20.0. The van der Waals surface area contributed by atoms with E-state index >= 15 is 0 Å². The lowest BCUT2D eigenvalue weighted by Crippen LogP contribution is -2.42. The molecule has 0 saturated heterocycles. The summed E-state index contributed by atoms with van der Waals surface area (Å²) in [6.07, 6.45) is 3.15. The fourth-order valence-corrected chi connectivity index (χ4v) is 2.12. The molecule has 0 spiro atoms. The van der Waals surface area contributed by atoms with Crippen molar-refractivity contribution in [3.8, 4) is 0 Å². The second kappa shape index (κ2) is 5.81. The standard InChI is InChI=1S/C11H17N5O3/c12-14-10-6-9(16(18)19)7-11(13-10)15(4-5-17)8-2-1-3-8/h6-8,17H,1-5,12H2,(H,13,14). The number of nitrogen functional groups attached to an aromatic ring is 1. The summed E-state index contributed by atoms with van der Waals surface area (Å²) >= 11 is 0. The van der Waals surface area contributed by atoms with Crippen molar-refractivity contribution in [1.82, 2.24) is 4.98 Å². The zero-order chi connectivity index (χ0) is 13.8. The van der Waals surface area contributed by atoms with Crippen LogP contribution in [0.5, 0.6) is 0 Å². The van der Waals surface area contributed by atoms with Gasteiger partial charge in [0.15, 0.2) is 0 Å². The molecule has 0 atom stereocenters. The fourth-order valence-electron chi connectivity index (χ4n) is 2.12. The number of nitrogens with zero attached hydrogens (tertiary/aromatic N) is 3. The Morgan fingerprint density at radius 2 is 2.32 bits per heavy atom. The third-order valence-corrected chi connectivity index (χ3v) is 3.31. The van der Waals surface area contributed by atoms with E-state index in [1.807, 2.05) is 4.90 Å². The summed E-state index contributed by atoms with van der Waals surface area (Å²) < 4.78 is 0. The van der Waals surface area contributed by atoms with E-state index in [-0.39, 0.29) is 24.2 Å². The molecule has 1 heterocycles. The Labute approximate surface area is 110 Å². The van der Waals surface area contributed by atoms with Crippen LogP contribution in [0.1, 0.15) is 19.3 Å². The smallest absolute Gasteiger partial charge is 0.276 e. The molecule has 1 aliphatic carbocycles. The molecule has 4 N–H and O–H groups in total. The molecule has 1 aromatic rings. The molecule has 2 rings (SSSR count). The van der Waals surface area contributed by atoms with Gasteiger partial charge in [-0.15, -0.1) is 0 Å². The monoisotopic (exact) mass is 267 g/mol. The van der Waals surface area contributed by atoms with Crippen LogP contribution in [-0.2, 0) is 0 Å². The van der Waals surface area contributed by atoms with Crippen LogP contribution in [-0.4, -0.2) is 34.2 Å². The molecule has 8 nitrogen and oxygen atoms in total. The molecule has 19 heavy (non-hydrogen) atoms. The highest BCUT2D eigenvalue weighted by Crippen LogP contribution is 2.31. The van der Waals surface area contributed by atoms with Crippen molar-refractivity contribution in [2.75, 3.05) is 23.5 Å². The second-order valence-corrected chi connectivity index (χ2v) is 4.47. The number of nitrogens with two attached hydrogens (primary N) is 1. The van der Waals surface area contributed by atoms with E-state index in [0.29, 0.717) is 12.4 Å². The molecule has 0 aromatic carbocycles. The first-order chi connectivity index (χ1) is 9.15. The van der Waals surface area contributed by atoms with Gasteiger partial charge in [0.05, 0.1) is 23.7 Å². The van der Waals surface area contributed by atoms with Gasteiger partial charge in [-0.05, 0) is 19.3 Å². The number of hydrazine groups is 1. The first-order valence-corrected chi connectivity index (χ1v) is 6.16. The minimum Gasteiger partial charge on any atom is -0.395 e. The molecular formula is C11H17N5O3. The number of aromatic nitrogens is 1. The van der Waals surface area contributed by atoms with Crippen LogP contribution in [0.4, 0.5) is 17.3 Å². The van der Waals surface area contributed by atoms with Crippen molar-refractivity contribution in [1.29, 1.82) is 0 Å². The van der Waals surface area contributed by atoms with E-state index in [4.69, 9.17) is 10.9 Å². The molecule has 8 heteroatoms. The van der Waals surface area contributed by atoms with Gasteiger partial charge in [-0.1, -0.05) is 0 Å². The average Bonchev–Trinajstić information content (AvgIpc) is 2.35. The van der Waals surface area contributed by atoms with Crippen molar-refractivity contribution in [3.05, 3.63) is 22.2 Å². The highest BCUT2D eigenvalue weighted by molar-refractivity contribution is 5.56. The van der Waals surface area contributed by atoms with Gasteiger partial charge in [-0.2, -0.15) is 0 Å². The van der Waals surface area contributed by atoms with Crippen molar-refractivity contribution < 1.29 is 10.0 Å². The van der Waals surface area contributed by atoms with Gasteiger partial charge in [0.25, 0.3) is 5.69 Å². The molecule has 0 aliphatic heterocycles. The Kier molecular flexibility index (Phi) is 4.13. The molecule has 1 saturated carbocycles. The number of anilines is 2. The fraction of sp³-hybridized carbons (Fsp3) is 0.545. The Morgan fingerprint density at radius 3 is 2.79 bits per heavy atom. The van der Waals surface area contributed by atoms with Crippen LogP contribution in [0, 0.1) is 10.1 Å². The molecule has 1 aliphatic rings. The van der Waals surface area contributed by atoms with Crippen molar-refractivity contribution in [2.45, 2.75) is 25.3 Å². The number of hydrogen-bond donors (Lipinski definition) is 3. The van der Waals surface area contributed by atoms with Crippen LogP contribution in [0.2, 0.25) is 0 Å². The molecule has 0 radical (unpaired) electrons. The Bertz CT molecular complexity index is 464. The highest BCUT2D eigenvalue weighted by Gasteiger charge is 2.27. The third-order valence-electron chi connectivity index (χ3n) is 3.31. The number of rotatable bonds is 6. The third kappa shape index (κ3) is 2.91. The summed E-state index contributed by atoms with van der Waals surface area (Å²) in [7, 11) is 0. The number of pyridine rings is 1. The van der Waals surface area contributed by atoms with Crippen molar-refractivity contribution in [2.24, 2.45) is 5.84 Å². The van der Waals surface area contributed by atoms with Crippen LogP contribution >= 0.6 is 0 Å². The molecule has 1 fully saturated rings. The lowest BCUT2D eigenvalue weighted by atomic mass is 9.91. The van der Waals surface area contributed by atoms with E-state index < -0.39 is 4.92 Å². The maximum Gasteiger partial charge on any atom is 0.276 e. The maximum atomic E-state index is 10.9. The quantitative estimate of drug-likeness (QED) is 0.393.